The van der Waals surface area contributed by atoms with Gasteiger partial charge in [-0.15, -0.1) is 0 Å². The summed E-state index contributed by atoms with van der Waals surface area (Å²) in [6, 6.07) is 17.5. The maximum atomic E-state index is 5.75. The second-order valence-electron chi connectivity index (χ2n) is 6.67. The molecule has 1 aliphatic heterocycles. The summed E-state index contributed by atoms with van der Waals surface area (Å²) in [6.07, 6.45) is 3.61. The Balaban J connectivity index is 1.71. The van der Waals surface area contributed by atoms with Crippen LogP contribution in [0, 0.1) is 0 Å². The number of pyridine rings is 1. The normalized spacial score (nSPS) is 19.4. The second kappa shape index (κ2) is 7.40. The molecule has 5 nitrogen and oxygen atoms in total. The first-order valence-corrected chi connectivity index (χ1v) is 9.35. The molecule has 2 atom stereocenters. The van der Waals surface area contributed by atoms with Gasteiger partial charge in [0.05, 0.1) is 24.1 Å². The maximum absolute atomic E-state index is 5.75. The predicted molar refractivity (Wildman–Crippen MR) is 109 cm³/mol. The lowest BCUT2D eigenvalue weighted by atomic mass is 10.0. The first-order valence-electron chi connectivity index (χ1n) is 8.94. The van der Waals surface area contributed by atoms with Gasteiger partial charge in [-0.1, -0.05) is 6.07 Å². The van der Waals surface area contributed by atoms with Crippen LogP contribution in [0.3, 0.4) is 0 Å². The van der Waals surface area contributed by atoms with Gasteiger partial charge in [0.25, 0.3) is 0 Å². The molecule has 27 heavy (non-hydrogen) atoms. The Morgan fingerprint density at radius 1 is 1.11 bits per heavy atom. The summed E-state index contributed by atoms with van der Waals surface area (Å²) >= 11 is 5.67. The van der Waals surface area contributed by atoms with Gasteiger partial charge in [-0.25, -0.2) is 0 Å². The van der Waals surface area contributed by atoms with Crippen molar-refractivity contribution >= 4 is 23.0 Å². The number of nitrogens with zero attached hydrogens (tertiary/aromatic N) is 2. The number of rotatable bonds is 5. The number of hydrogen-bond acceptors (Lipinski definition) is 4. The van der Waals surface area contributed by atoms with Crippen LogP contribution in [0.1, 0.15) is 37.4 Å². The molecule has 0 amide bonds. The number of nitrogens with one attached hydrogen (secondary N) is 1. The van der Waals surface area contributed by atoms with Crippen LogP contribution in [0.4, 0.5) is 5.69 Å². The Bertz CT molecular complexity index is 895. The van der Waals surface area contributed by atoms with Crippen LogP contribution in [0.2, 0.25) is 0 Å². The van der Waals surface area contributed by atoms with Crippen molar-refractivity contribution in [1.82, 2.24) is 10.3 Å². The Labute approximate surface area is 164 Å². The third kappa shape index (κ3) is 3.53. The van der Waals surface area contributed by atoms with Crippen molar-refractivity contribution in [2.45, 2.75) is 32.0 Å². The molecule has 0 bridgehead atoms. The summed E-state index contributed by atoms with van der Waals surface area (Å²) in [5, 5.41) is 4.05. The fraction of sp³-hybridized carbons (Fsp3) is 0.238. The molecule has 1 saturated heterocycles. The fourth-order valence-corrected chi connectivity index (χ4v) is 3.68. The van der Waals surface area contributed by atoms with E-state index in [4.69, 9.17) is 21.4 Å². The van der Waals surface area contributed by atoms with Gasteiger partial charge in [0, 0.05) is 11.9 Å². The molecule has 0 saturated carbocycles. The van der Waals surface area contributed by atoms with Crippen LogP contribution < -0.4 is 15.0 Å². The molecular weight excluding hydrogens is 358 g/mol. The largest absolute Gasteiger partial charge is 0.491 e. The van der Waals surface area contributed by atoms with Gasteiger partial charge in [0.2, 0.25) is 0 Å². The average molecular weight is 379 g/mol. The van der Waals surface area contributed by atoms with Gasteiger partial charge in [-0.2, -0.15) is 0 Å². The Hall–Kier alpha value is -2.86. The van der Waals surface area contributed by atoms with Crippen LogP contribution in [0.25, 0.3) is 0 Å². The Kier molecular flexibility index (Phi) is 4.81. The van der Waals surface area contributed by atoms with Gasteiger partial charge in [-0.3, -0.25) is 4.98 Å². The van der Waals surface area contributed by atoms with E-state index in [0.717, 1.165) is 22.9 Å². The van der Waals surface area contributed by atoms with Crippen molar-refractivity contribution in [3.05, 3.63) is 78.5 Å². The van der Waals surface area contributed by atoms with Gasteiger partial charge in [0.1, 0.15) is 17.6 Å². The van der Waals surface area contributed by atoms with E-state index >= 15 is 0 Å². The topological polar surface area (TPSA) is 50.5 Å². The summed E-state index contributed by atoms with van der Waals surface area (Å²) in [4.78, 5) is 6.60. The highest BCUT2D eigenvalue weighted by atomic mass is 32.1. The molecule has 6 heteroatoms. The van der Waals surface area contributed by atoms with Crippen molar-refractivity contribution in [3.8, 4) is 5.75 Å². The SMILES string of the molecule is CC(C)Oc1ccc(N2C(=S)NC(c3ccccn3)C2c2ccco2)cc1. The van der Waals surface area contributed by atoms with E-state index < -0.39 is 0 Å². The second-order valence-corrected chi connectivity index (χ2v) is 7.06. The molecular formula is C21H21N3O2S. The van der Waals surface area contributed by atoms with Crippen LogP contribution in [0.15, 0.2) is 71.5 Å². The highest BCUT2D eigenvalue weighted by Crippen LogP contribution is 2.41. The van der Waals surface area contributed by atoms with Gasteiger partial charge in [-0.05, 0) is 74.6 Å². The summed E-state index contributed by atoms with van der Waals surface area (Å²) in [5.74, 6) is 1.67. The third-order valence-electron chi connectivity index (χ3n) is 4.42. The van der Waals surface area contributed by atoms with Crippen LogP contribution in [-0.4, -0.2) is 16.2 Å². The zero-order valence-electron chi connectivity index (χ0n) is 15.2. The van der Waals surface area contributed by atoms with E-state index in [2.05, 4.69) is 15.2 Å². The minimum Gasteiger partial charge on any atom is -0.491 e. The number of ether oxygens (including phenoxy) is 1. The first kappa shape index (κ1) is 17.5. The predicted octanol–water partition coefficient (Wildman–Crippen LogP) is 4.64. The maximum Gasteiger partial charge on any atom is 0.174 e. The monoisotopic (exact) mass is 379 g/mol. The van der Waals surface area contributed by atoms with Gasteiger partial charge >= 0.3 is 0 Å². The molecule has 0 aliphatic carbocycles. The minimum absolute atomic E-state index is 0.101. The standard InChI is InChI=1S/C21H21N3O2S/c1-14(2)26-16-10-8-15(9-11-16)24-20(18-7-5-13-25-18)19(23-21(24)27)17-6-3-4-12-22-17/h3-14,19-20H,1-2H3,(H,23,27). The van der Waals surface area contributed by atoms with Gasteiger partial charge < -0.3 is 19.4 Å². The van der Waals surface area contributed by atoms with Crippen LogP contribution >= 0.6 is 12.2 Å². The lowest BCUT2D eigenvalue weighted by molar-refractivity contribution is 0.242. The van der Waals surface area contributed by atoms with Crippen molar-refractivity contribution < 1.29 is 9.15 Å². The zero-order chi connectivity index (χ0) is 18.8. The molecule has 2 unspecified atom stereocenters. The number of hydrogen-bond donors (Lipinski definition) is 1. The van der Waals surface area contributed by atoms with Crippen molar-refractivity contribution in [2.75, 3.05) is 4.90 Å². The summed E-state index contributed by atoms with van der Waals surface area (Å²) in [7, 11) is 0. The van der Waals surface area contributed by atoms with E-state index in [9.17, 15) is 0 Å². The highest BCUT2D eigenvalue weighted by molar-refractivity contribution is 7.80. The summed E-state index contributed by atoms with van der Waals surface area (Å²) in [5.41, 5.74) is 1.90. The van der Waals surface area contributed by atoms with E-state index in [-0.39, 0.29) is 18.2 Å². The molecule has 1 aromatic carbocycles. The van der Waals surface area contributed by atoms with E-state index in [1.807, 2.05) is 68.4 Å². The van der Waals surface area contributed by atoms with Gasteiger partial charge in [0.15, 0.2) is 5.11 Å². The lowest BCUT2D eigenvalue weighted by Crippen LogP contribution is -2.29. The molecule has 3 heterocycles. The molecule has 2 aromatic heterocycles. The molecule has 0 radical (unpaired) electrons. The third-order valence-corrected chi connectivity index (χ3v) is 4.73. The number of anilines is 1. The fourth-order valence-electron chi connectivity index (χ4n) is 3.34. The van der Waals surface area contributed by atoms with Crippen molar-refractivity contribution in [1.29, 1.82) is 0 Å². The van der Waals surface area contributed by atoms with E-state index in [0.29, 0.717) is 5.11 Å². The Morgan fingerprint density at radius 2 is 1.93 bits per heavy atom. The lowest BCUT2D eigenvalue weighted by Gasteiger charge is -2.26. The van der Waals surface area contributed by atoms with Crippen LogP contribution in [-0.2, 0) is 0 Å². The summed E-state index contributed by atoms with van der Waals surface area (Å²) < 4.78 is 11.5. The smallest absolute Gasteiger partial charge is 0.174 e. The molecule has 1 aliphatic rings. The number of benzene rings is 1. The molecule has 4 rings (SSSR count). The van der Waals surface area contributed by atoms with E-state index in [1.54, 1.807) is 12.5 Å². The number of thiocarbonyl (C=S) groups is 1. The quantitative estimate of drug-likeness (QED) is 0.652. The molecule has 1 fully saturated rings. The van der Waals surface area contributed by atoms with Crippen molar-refractivity contribution in [3.63, 3.8) is 0 Å². The highest BCUT2D eigenvalue weighted by Gasteiger charge is 2.42. The Morgan fingerprint density at radius 3 is 2.56 bits per heavy atom. The molecule has 3 aromatic rings. The van der Waals surface area contributed by atoms with Crippen molar-refractivity contribution in [2.24, 2.45) is 0 Å². The molecule has 1 N–H and O–H groups in total. The summed E-state index contributed by atoms with van der Waals surface area (Å²) in [6.45, 7) is 4.02. The molecule has 138 valence electrons. The number of furan rings is 1. The average Bonchev–Trinajstić information content (AvgIpc) is 3.30. The van der Waals surface area contributed by atoms with E-state index in [1.165, 1.54) is 0 Å². The van der Waals surface area contributed by atoms with Crippen LogP contribution in [0.5, 0.6) is 5.75 Å². The number of aromatic nitrogens is 1. The molecule has 0 spiro atoms. The zero-order valence-corrected chi connectivity index (χ0v) is 16.0. The minimum atomic E-state index is -0.126. The first-order chi connectivity index (χ1) is 13.1.